The Kier molecular flexibility index (Phi) is 6.45. The Morgan fingerprint density at radius 2 is 2.26 bits per heavy atom. The molecule has 7 N–H and O–H groups in total. The molecule has 2 rings (SSSR count). The molecule has 2 heterocycles. The average molecular weight is 347 g/mol. The first-order valence-electron chi connectivity index (χ1n) is 7.28. The van der Waals surface area contributed by atoms with Crippen LogP contribution in [0.5, 0.6) is 0 Å². The molecule has 0 aromatic heterocycles. The molecule has 2 aliphatic rings. The Bertz CT molecular complexity index is 465. The molecule has 3 amide bonds. The highest BCUT2D eigenvalue weighted by molar-refractivity contribution is 8.00. The van der Waals surface area contributed by atoms with E-state index in [-0.39, 0.29) is 30.0 Å². The van der Waals surface area contributed by atoms with E-state index in [2.05, 4.69) is 26.3 Å². The predicted octanol–water partition coefficient (Wildman–Crippen LogP) is -1.71. The second kappa shape index (κ2) is 8.34. The highest BCUT2D eigenvalue weighted by Crippen LogP contribution is 2.33. The molecule has 2 aliphatic heterocycles. The van der Waals surface area contributed by atoms with Crippen LogP contribution in [0.3, 0.4) is 0 Å². The number of amides is 3. The Morgan fingerprint density at radius 3 is 2.96 bits per heavy atom. The van der Waals surface area contributed by atoms with E-state index in [9.17, 15) is 14.4 Å². The third-order valence-electron chi connectivity index (χ3n) is 3.82. The molecule has 130 valence electrons. The van der Waals surface area contributed by atoms with Crippen LogP contribution in [0.2, 0.25) is 0 Å². The van der Waals surface area contributed by atoms with Gasteiger partial charge < -0.3 is 15.7 Å². The number of fused-ring (bicyclic) bond motifs is 1. The van der Waals surface area contributed by atoms with Crippen LogP contribution in [0.1, 0.15) is 19.3 Å². The minimum atomic E-state index is -1.05. The van der Waals surface area contributed by atoms with Crippen molar-refractivity contribution in [2.75, 3.05) is 12.4 Å². The maximum absolute atomic E-state index is 11.3. The van der Waals surface area contributed by atoms with Crippen molar-refractivity contribution in [1.82, 2.24) is 21.5 Å². The van der Waals surface area contributed by atoms with Crippen LogP contribution >= 0.6 is 11.8 Å². The number of carbonyl (C=O) groups is 3. The van der Waals surface area contributed by atoms with E-state index in [1.54, 1.807) is 11.8 Å². The lowest BCUT2D eigenvalue weighted by molar-refractivity contribution is -0.140. The number of nitrogens with one attached hydrogen (secondary N) is 4. The summed E-state index contributed by atoms with van der Waals surface area (Å²) in [6.07, 6.45) is 1.80. The van der Waals surface area contributed by atoms with Gasteiger partial charge in [0.05, 0.1) is 12.1 Å². The van der Waals surface area contributed by atoms with E-state index in [0.29, 0.717) is 12.8 Å². The summed E-state index contributed by atoms with van der Waals surface area (Å²) in [5.74, 6) is 4.02. The summed E-state index contributed by atoms with van der Waals surface area (Å²) in [5.41, 5.74) is 4.70. The van der Waals surface area contributed by atoms with Gasteiger partial charge in [-0.2, -0.15) is 11.8 Å². The fourth-order valence-corrected chi connectivity index (χ4v) is 4.25. The highest BCUT2D eigenvalue weighted by atomic mass is 32.2. The molecule has 2 fully saturated rings. The van der Waals surface area contributed by atoms with Crippen molar-refractivity contribution >= 4 is 29.7 Å². The van der Waals surface area contributed by atoms with Crippen LogP contribution < -0.4 is 27.4 Å². The lowest BCUT2D eigenvalue weighted by Gasteiger charge is -2.19. The summed E-state index contributed by atoms with van der Waals surface area (Å²) in [5, 5.41) is 15.2. The van der Waals surface area contributed by atoms with Gasteiger partial charge in [-0.25, -0.2) is 16.1 Å². The van der Waals surface area contributed by atoms with Crippen molar-refractivity contribution in [3.63, 3.8) is 0 Å². The van der Waals surface area contributed by atoms with Crippen LogP contribution in [0.4, 0.5) is 4.79 Å². The van der Waals surface area contributed by atoms with E-state index in [0.717, 1.165) is 12.2 Å². The second-order valence-electron chi connectivity index (χ2n) is 5.45. The maximum atomic E-state index is 11.3. The number of carbonyl (C=O) groups excluding carboxylic acids is 2. The summed E-state index contributed by atoms with van der Waals surface area (Å²) < 4.78 is 0. The summed E-state index contributed by atoms with van der Waals surface area (Å²) in [4.78, 5) is 37.8. The zero-order valence-corrected chi connectivity index (χ0v) is 13.2. The predicted molar refractivity (Wildman–Crippen MR) is 82.2 cm³/mol. The van der Waals surface area contributed by atoms with Crippen LogP contribution in [-0.4, -0.2) is 58.7 Å². The van der Waals surface area contributed by atoms with Gasteiger partial charge in [-0.1, -0.05) is 6.42 Å². The molecule has 0 aromatic carbocycles. The number of urea groups is 1. The van der Waals surface area contributed by atoms with E-state index in [1.165, 1.54) is 0 Å². The number of aliphatic carboxylic acids is 1. The average Bonchev–Trinajstić information content (AvgIpc) is 3.02. The third kappa shape index (κ3) is 4.96. The van der Waals surface area contributed by atoms with Crippen molar-refractivity contribution in [2.45, 2.75) is 42.6 Å². The van der Waals surface area contributed by atoms with Crippen molar-refractivity contribution in [1.29, 1.82) is 0 Å². The van der Waals surface area contributed by atoms with Crippen molar-refractivity contribution in [2.24, 2.45) is 5.90 Å². The molecule has 23 heavy (non-hydrogen) atoms. The van der Waals surface area contributed by atoms with E-state index in [1.807, 2.05) is 0 Å². The minimum Gasteiger partial charge on any atom is -0.480 e. The molecule has 10 nitrogen and oxygen atoms in total. The molecule has 0 aromatic rings. The van der Waals surface area contributed by atoms with Gasteiger partial charge >= 0.3 is 12.0 Å². The van der Waals surface area contributed by atoms with Crippen molar-refractivity contribution < 1.29 is 24.3 Å². The molecular formula is C12H21N5O5S. The van der Waals surface area contributed by atoms with Gasteiger partial charge in [-0.05, 0) is 12.8 Å². The van der Waals surface area contributed by atoms with Gasteiger partial charge in [0.25, 0.3) is 5.91 Å². The van der Waals surface area contributed by atoms with E-state index < -0.39 is 17.9 Å². The van der Waals surface area contributed by atoms with E-state index in [4.69, 9.17) is 11.0 Å². The van der Waals surface area contributed by atoms with E-state index >= 15 is 0 Å². The number of hydrogen-bond acceptors (Lipinski definition) is 7. The summed E-state index contributed by atoms with van der Waals surface area (Å²) in [6.45, 7) is -0.353. The first-order valence-corrected chi connectivity index (χ1v) is 8.33. The smallest absolute Gasteiger partial charge is 0.322 e. The molecule has 2 saturated heterocycles. The van der Waals surface area contributed by atoms with Crippen LogP contribution in [0.15, 0.2) is 0 Å². The van der Waals surface area contributed by atoms with Crippen LogP contribution in [-0.2, 0) is 14.4 Å². The zero-order valence-electron chi connectivity index (χ0n) is 12.4. The Labute approximate surface area is 137 Å². The molecule has 0 saturated carbocycles. The van der Waals surface area contributed by atoms with Gasteiger partial charge in [0.1, 0.15) is 12.6 Å². The first-order chi connectivity index (χ1) is 11.0. The summed E-state index contributed by atoms with van der Waals surface area (Å²) in [7, 11) is 0. The fraction of sp³-hybridized carbons (Fsp3) is 0.750. The van der Waals surface area contributed by atoms with Crippen molar-refractivity contribution in [3.05, 3.63) is 0 Å². The number of hydrazine groups is 1. The molecule has 11 heteroatoms. The first kappa shape index (κ1) is 17.8. The monoisotopic (exact) mass is 347 g/mol. The number of nitrogens with two attached hydrogens (primary N) is 1. The standard InChI is InChI=1S/C12H21N5O5S/c13-22-4-9(18)17-16-6(11(19)20)2-1-3-8-10-7(5-23-8)14-12(21)15-10/h6-8,10,16H,1-5,13H2,(H,17,18)(H,19,20)(H2,14,15,21)/t6?,7-,8-,10-/m0/s1. The van der Waals surface area contributed by atoms with Gasteiger partial charge in [0, 0.05) is 11.0 Å². The third-order valence-corrected chi connectivity index (χ3v) is 5.33. The molecule has 4 atom stereocenters. The van der Waals surface area contributed by atoms with Gasteiger partial charge in [-0.15, -0.1) is 0 Å². The summed E-state index contributed by atoms with van der Waals surface area (Å²) >= 11 is 1.78. The van der Waals surface area contributed by atoms with Crippen LogP contribution in [0.25, 0.3) is 0 Å². The van der Waals surface area contributed by atoms with Gasteiger partial charge in [0.15, 0.2) is 0 Å². The number of hydrogen-bond donors (Lipinski definition) is 6. The van der Waals surface area contributed by atoms with Gasteiger partial charge in [0.2, 0.25) is 0 Å². The zero-order chi connectivity index (χ0) is 16.8. The minimum absolute atomic E-state index is 0.102. The topological polar surface area (TPSA) is 155 Å². The normalized spacial score (nSPS) is 27.0. The fourth-order valence-electron chi connectivity index (χ4n) is 2.70. The number of carboxylic acids is 1. The van der Waals surface area contributed by atoms with Crippen LogP contribution in [0, 0.1) is 0 Å². The molecular weight excluding hydrogens is 326 g/mol. The Morgan fingerprint density at radius 1 is 1.48 bits per heavy atom. The van der Waals surface area contributed by atoms with Crippen molar-refractivity contribution in [3.8, 4) is 0 Å². The largest absolute Gasteiger partial charge is 0.480 e. The Balaban J connectivity index is 1.71. The Hall–Kier alpha value is -1.56. The number of thioether (sulfide) groups is 1. The number of carboxylic acid groups (broad SMARTS) is 1. The quantitative estimate of drug-likeness (QED) is 0.213. The SMILES string of the molecule is NOCC(=O)NNC(CCC[C@@H]1SC[C@@H]2NC(=O)N[C@@H]21)C(=O)O. The molecule has 0 aliphatic carbocycles. The molecule has 0 spiro atoms. The molecule has 1 unspecified atom stereocenters. The molecule has 0 radical (unpaired) electrons. The highest BCUT2D eigenvalue weighted by Gasteiger charge is 2.42. The maximum Gasteiger partial charge on any atom is 0.322 e. The lowest BCUT2D eigenvalue weighted by atomic mass is 10.0. The molecule has 0 bridgehead atoms. The number of rotatable bonds is 9. The van der Waals surface area contributed by atoms with Gasteiger partial charge in [-0.3, -0.25) is 19.9 Å². The summed E-state index contributed by atoms with van der Waals surface area (Å²) in [6, 6.07) is -0.776. The second-order valence-corrected chi connectivity index (χ2v) is 6.72. The lowest BCUT2D eigenvalue weighted by Crippen LogP contribution is -2.49.